The van der Waals surface area contributed by atoms with E-state index >= 15 is 0 Å². The Morgan fingerprint density at radius 3 is 2.76 bits per heavy atom. The van der Waals surface area contributed by atoms with E-state index in [1.165, 1.54) is 4.90 Å². The highest BCUT2D eigenvalue weighted by molar-refractivity contribution is 5.65. The summed E-state index contributed by atoms with van der Waals surface area (Å²) in [7, 11) is 0. The lowest BCUT2D eigenvalue weighted by Gasteiger charge is -2.34. The SMILES string of the molecule is CC[C@@](C)(O)c1nc(C2CCC(C)N(C(=O)O)C2)oc1C. The van der Waals surface area contributed by atoms with Gasteiger partial charge in [-0.25, -0.2) is 9.78 Å². The van der Waals surface area contributed by atoms with Crippen molar-refractivity contribution in [3.63, 3.8) is 0 Å². The van der Waals surface area contributed by atoms with Gasteiger partial charge in [-0.05, 0) is 40.0 Å². The molecule has 3 atom stereocenters. The molecular formula is C15H24N2O4. The first-order valence-electron chi connectivity index (χ1n) is 7.46. The maximum absolute atomic E-state index is 11.3. The number of aliphatic hydroxyl groups is 1. The molecule has 118 valence electrons. The van der Waals surface area contributed by atoms with Crippen molar-refractivity contribution in [2.75, 3.05) is 6.54 Å². The Morgan fingerprint density at radius 2 is 2.19 bits per heavy atom. The molecule has 2 unspecified atom stereocenters. The number of oxazole rings is 1. The minimum absolute atomic E-state index is 0.0213. The van der Waals surface area contributed by atoms with Crippen molar-refractivity contribution in [1.82, 2.24) is 9.88 Å². The predicted molar refractivity (Wildman–Crippen MR) is 77.3 cm³/mol. The Hall–Kier alpha value is -1.56. The van der Waals surface area contributed by atoms with Crippen LogP contribution < -0.4 is 0 Å². The van der Waals surface area contributed by atoms with Gasteiger partial charge in [-0.1, -0.05) is 6.92 Å². The lowest BCUT2D eigenvalue weighted by molar-refractivity contribution is 0.0475. The zero-order valence-corrected chi connectivity index (χ0v) is 13.1. The van der Waals surface area contributed by atoms with Crippen molar-refractivity contribution in [1.29, 1.82) is 0 Å². The van der Waals surface area contributed by atoms with Crippen LogP contribution in [0.1, 0.15) is 63.3 Å². The van der Waals surface area contributed by atoms with Crippen LogP contribution in [0.15, 0.2) is 4.42 Å². The molecule has 1 aromatic heterocycles. The zero-order valence-electron chi connectivity index (χ0n) is 13.1. The zero-order chi connectivity index (χ0) is 15.8. The summed E-state index contributed by atoms with van der Waals surface area (Å²) in [6.07, 6.45) is 1.27. The van der Waals surface area contributed by atoms with Crippen molar-refractivity contribution in [3.8, 4) is 0 Å². The Labute approximate surface area is 124 Å². The van der Waals surface area contributed by atoms with Crippen molar-refractivity contribution < 1.29 is 19.4 Å². The lowest BCUT2D eigenvalue weighted by atomic mass is 9.93. The maximum atomic E-state index is 11.3. The van der Waals surface area contributed by atoms with E-state index in [-0.39, 0.29) is 12.0 Å². The van der Waals surface area contributed by atoms with Gasteiger partial charge in [-0.15, -0.1) is 0 Å². The number of amides is 1. The number of piperidine rings is 1. The summed E-state index contributed by atoms with van der Waals surface area (Å²) < 4.78 is 5.71. The number of aryl methyl sites for hydroxylation is 1. The Balaban J connectivity index is 2.23. The first-order valence-corrected chi connectivity index (χ1v) is 7.46. The third-order valence-electron chi connectivity index (χ3n) is 4.49. The fourth-order valence-corrected chi connectivity index (χ4v) is 2.83. The van der Waals surface area contributed by atoms with E-state index in [0.29, 0.717) is 30.3 Å². The molecule has 0 aromatic carbocycles. The third-order valence-corrected chi connectivity index (χ3v) is 4.49. The second kappa shape index (κ2) is 5.67. The molecule has 2 N–H and O–H groups in total. The molecule has 0 aliphatic carbocycles. The monoisotopic (exact) mass is 296 g/mol. The molecule has 2 heterocycles. The average molecular weight is 296 g/mol. The van der Waals surface area contributed by atoms with Gasteiger partial charge in [0.05, 0.1) is 5.92 Å². The molecular weight excluding hydrogens is 272 g/mol. The largest absolute Gasteiger partial charge is 0.465 e. The van der Waals surface area contributed by atoms with Crippen LogP contribution >= 0.6 is 0 Å². The van der Waals surface area contributed by atoms with Gasteiger partial charge in [0.15, 0.2) is 5.89 Å². The van der Waals surface area contributed by atoms with Crippen LogP contribution in [0, 0.1) is 6.92 Å². The molecule has 6 nitrogen and oxygen atoms in total. The molecule has 1 aromatic rings. The lowest BCUT2D eigenvalue weighted by Crippen LogP contribution is -2.44. The first kappa shape index (κ1) is 15.8. The molecule has 21 heavy (non-hydrogen) atoms. The van der Waals surface area contributed by atoms with Gasteiger partial charge < -0.3 is 19.5 Å². The van der Waals surface area contributed by atoms with Crippen LogP contribution in [-0.4, -0.2) is 38.8 Å². The summed E-state index contributed by atoms with van der Waals surface area (Å²) in [5.74, 6) is 1.10. The molecule has 6 heteroatoms. The highest BCUT2D eigenvalue weighted by Crippen LogP contribution is 2.33. The maximum Gasteiger partial charge on any atom is 0.407 e. The van der Waals surface area contributed by atoms with Gasteiger partial charge >= 0.3 is 6.09 Å². The molecule has 0 spiro atoms. The minimum atomic E-state index is -1.01. The standard InChI is InChI=1S/C15H24N2O4/c1-5-15(4,20)12-10(3)21-13(16-12)11-7-6-9(2)17(8-11)14(18)19/h9,11,20H,5-8H2,1-4H3,(H,18,19)/t9?,11?,15-/m1/s1. The Kier molecular flexibility index (Phi) is 4.27. The van der Waals surface area contributed by atoms with Gasteiger partial charge in [0.2, 0.25) is 0 Å². The number of hydrogen-bond donors (Lipinski definition) is 2. The fraction of sp³-hybridized carbons (Fsp3) is 0.733. The van der Waals surface area contributed by atoms with Gasteiger partial charge in [-0.2, -0.15) is 0 Å². The molecule has 1 aliphatic heterocycles. The third kappa shape index (κ3) is 3.05. The van der Waals surface area contributed by atoms with Crippen LogP contribution in [0.2, 0.25) is 0 Å². The molecule has 0 bridgehead atoms. The summed E-state index contributed by atoms with van der Waals surface area (Å²) in [6, 6.07) is 0.0213. The highest BCUT2D eigenvalue weighted by Gasteiger charge is 2.34. The number of hydrogen-bond acceptors (Lipinski definition) is 4. The number of carbonyl (C=O) groups is 1. The van der Waals surface area contributed by atoms with Gasteiger partial charge in [0.1, 0.15) is 17.1 Å². The molecule has 1 fully saturated rings. The van der Waals surface area contributed by atoms with E-state index in [4.69, 9.17) is 4.42 Å². The van der Waals surface area contributed by atoms with Crippen molar-refractivity contribution in [3.05, 3.63) is 17.3 Å². The van der Waals surface area contributed by atoms with Crippen molar-refractivity contribution in [2.45, 2.75) is 64.5 Å². The van der Waals surface area contributed by atoms with Crippen LogP contribution in [0.4, 0.5) is 4.79 Å². The molecule has 1 aliphatic rings. The Bertz CT molecular complexity index is 524. The Morgan fingerprint density at radius 1 is 1.52 bits per heavy atom. The number of rotatable bonds is 3. The number of nitrogens with zero attached hydrogens (tertiary/aromatic N) is 2. The van der Waals surface area contributed by atoms with E-state index < -0.39 is 11.7 Å². The molecule has 0 radical (unpaired) electrons. The second-order valence-corrected chi connectivity index (χ2v) is 6.14. The van der Waals surface area contributed by atoms with E-state index in [1.807, 2.05) is 13.8 Å². The van der Waals surface area contributed by atoms with Gasteiger partial charge in [-0.3, -0.25) is 0 Å². The number of likely N-dealkylation sites (tertiary alicyclic amines) is 1. The van der Waals surface area contributed by atoms with E-state index in [1.54, 1.807) is 13.8 Å². The van der Waals surface area contributed by atoms with Crippen LogP contribution in [0.5, 0.6) is 0 Å². The molecule has 2 rings (SSSR count). The number of carboxylic acid groups (broad SMARTS) is 1. The van der Waals surface area contributed by atoms with Gasteiger partial charge in [0.25, 0.3) is 0 Å². The fourth-order valence-electron chi connectivity index (χ4n) is 2.83. The van der Waals surface area contributed by atoms with E-state index in [2.05, 4.69) is 4.98 Å². The minimum Gasteiger partial charge on any atom is -0.465 e. The topological polar surface area (TPSA) is 86.8 Å². The predicted octanol–water partition coefficient (Wildman–Crippen LogP) is 2.85. The normalized spacial score (nSPS) is 25.7. The van der Waals surface area contributed by atoms with Crippen molar-refractivity contribution in [2.24, 2.45) is 0 Å². The summed E-state index contributed by atoms with van der Waals surface area (Å²) >= 11 is 0. The van der Waals surface area contributed by atoms with Crippen molar-refractivity contribution >= 4 is 6.09 Å². The highest BCUT2D eigenvalue weighted by atomic mass is 16.4. The van der Waals surface area contributed by atoms with Crippen LogP contribution in [0.3, 0.4) is 0 Å². The van der Waals surface area contributed by atoms with E-state index in [9.17, 15) is 15.0 Å². The van der Waals surface area contributed by atoms with Crippen LogP contribution in [-0.2, 0) is 5.60 Å². The molecule has 1 amide bonds. The smallest absolute Gasteiger partial charge is 0.407 e. The first-order chi connectivity index (χ1) is 9.76. The molecule has 1 saturated heterocycles. The average Bonchev–Trinajstić information content (AvgIpc) is 2.81. The molecule has 0 saturated carbocycles. The summed E-state index contributed by atoms with van der Waals surface area (Å²) in [5, 5.41) is 19.6. The second-order valence-electron chi connectivity index (χ2n) is 6.14. The number of aromatic nitrogens is 1. The summed E-state index contributed by atoms with van der Waals surface area (Å²) in [4.78, 5) is 17.1. The van der Waals surface area contributed by atoms with Crippen LogP contribution in [0.25, 0.3) is 0 Å². The quantitative estimate of drug-likeness (QED) is 0.895. The van der Waals surface area contributed by atoms with E-state index in [0.717, 1.165) is 12.8 Å². The summed E-state index contributed by atoms with van der Waals surface area (Å²) in [6.45, 7) is 7.70. The van der Waals surface area contributed by atoms with Gasteiger partial charge in [0, 0.05) is 12.6 Å². The summed E-state index contributed by atoms with van der Waals surface area (Å²) in [5.41, 5.74) is -0.458.